The number of benzene rings is 10. The molecule has 0 atom stereocenters. The van der Waals surface area contributed by atoms with Gasteiger partial charge in [-0.05, 0) is 101 Å². The summed E-state index contributed by atoms with van der Waals surface area (Å²) in [5.74, 6) is 0. The molecule has 1 nitrogen and oxygen atoms in total. The Kier molecular flexibility index (Phi) is 7.26. The molecule has 0 aromatic heterocycles. The predicted molar refractivity (Wildman–Crippen MR) is 249 cm³/mol. The van der Waals surface area contributed by atoms with Crippen LogP contribution in [0.1, 0.15) is 47.2 Å². The Bertz CT molecular complexity index is 3260. The Morgan fingerprint density at radius 1 is 0.356 bits per heavy atom. The largest absolute Gasteiger partial charge is 0.309 e. The summed E-state index contributed by atoms with van der Waals surface area (Å²) in [6.07, 6.45) is 0. The summed E-state index contributed by atoms with van der Waals surface area (Å²) >= 11 is 0. The zero-order valence-electron chi connectivity index (χ0n) is 33.2. The fourth-order valence-corrected chi connectivity index (χ4v) is 11.0. The van der Waals surface area contributed by atoms with Gasteiger partial charge in [-0.25, -0.2) is 0 Å². The number of fused-ring (bicyclic) bond motifs is 11. The highest BCUT2D eigenvalue weighted by molar-refractivity contribution is 6.16. The SMILES string of the molecule is CC1(C)c2ccccc2-c2c(N(c3ccc4c(c3)C(c3ccccc3)(c3ccccc3)c3ccccc3-4)c3cc4ccccc4c4ccccc34)cc3ccccc3c21. The minimum atomic E-state index is -0.526. The maximum atomic E-state index is 2.60. The lowest BCUT2D eigenvalue weighted by Crippen LogP contribution is -2.28. The number of hydrogen-bond donors (Lipinski definition) is 0. The van der Waals surface area contributed by atoms with Crippen molar-refractivity contribution < 1.29 is 0 Å². The number of nitrogens with zero attached hydrogens (tertiary/aromatic N) is 1. The van der Waals surface area contributed by atoms with E-state index in [4.69, 9.17) is 0 Å². The van der Waals surface area contributed by atoms with E-state index in [2.05, 4.69) is 231 Å². The molecule has 0 aliphatic heterocycles. The molecule has 0 heterocycles. The fraction of sp³-hybridized carbons (Fsp3) is 0.0690. The van der Waals surface area contributed by atoms with Crippen LogP contribution in [0.3, 0.4) is 0 Å². The van der Waals surface area contributed by atoms with E-state index in [1.807, 2.05) is 0 Å². The summed E-state index contributed by atoms with van der Waals surface area (Å²) in [6, 6.07) is 79.4. The van der Waals surface area contributed by atoms with Gasteiger partial charge >= 0.3 is 0 Å². The van der Waals surface area contributed by atoms with Gasteiger partial charge in [-0.2, -0.15) is 0 Å². The molecule has 10 aromatic carbocycles. The van der Waals surface area contributed by atoms with Gasteiger partial charge in [0.15, 0.2) is 0 Å². The molecule has 10 aromatic rings. The molecule has 278 valence electrons. The van der Waals surface area contributed by atoms with E-state index in [1.54, 1.807) is 0 Å². The van der Waals surface area contributed by atoms with Gasteiger partial charge in [0, 0.05) is 22.1 Å². The van der Waals surface area contributed by atoms with E-state index >= 15 is 0 Å². The van der Waals surface area contributed by atoms with Crippen molar-refractivity contribution in [3.05, 3.63) is 246 Å². The van der Waals surface area contributed by atoms with Crippen LogP contribution in [0.15, 0.2) is 212 Å². The van der Waals surface area contributed by atoms with E-state index in [-0.39, 0.29) is 5.41 Å². The molecule has 0 radical (unpaired) electrons. The minimum Gasteiger partial charge on any atom is -0.309 e. The molecule has 0 fully saturated rings. The molecule has 0 amide bonds. The topological polar surface area (TPSA) is 3.24 Å². The highest BCUT2D eigenvalue weighted by Gasteiger charge is 2.47. The first-order valence-electron chi connectivity index (χ1n) is 20.8. The molecule has 0 unspecified atom stereocenters. The van der Waals surface area contributed by atoms with Crippen molar-refractivity contribution in [1.29, 1.82) is 0 Å². The Balaban J connectivity index is 1.24. The van der Waals surface area contributed by atoms with Crippen LogP contribution in [-0.4, -0.2) is 0 Å². The average molecular weight is 752 g/mol. The second-order valence-corrected chi connectivity index (χ2v) is 16.8. The summed E-state index contributed by atoms with van der Waals surface area (Å²) in [7, 11) is 0. The lowest BCUT2D eigenvalue weighted by atomic mass is 9.67. The molecule has 12 rings (SSSR count). The van der Waals surface area contributed by atoms with Gasteiger partial charge in [0.05, 0.1) is 16.8 Å². The van der Waals surface area contributed by atoms with Gasteiger partial charge < -0.3 is 4.90 Å². The maximum absolute atomic E-state index is 2.60. The first-order valence-corrected chi connectivity index (χ1v) is 20.8. The monoisotopic (exact) mass is 751 g/mol. The van der Waals surface area contributed by atoms with Crippen molar-refractivity contribution in [2.75, 3.05) is 4.90 Å². The quantitative estimate of drug-likeness (QED) is 0.158. The smallest absolute Gasteiger partial charge is 0.0714 e. The van der Waals surface area contributed by atoms with E-state index in [9.17, 15) is 0 Å². The van der Waals surface area contributed by atoms with Crippen LogP contribution >= 0.6 is 0 Å². The van der Waals surface area contributed by atoms with E-state index in [0.29, 0.717) is 0 Å². The van der Waals surface area contributed by atoms with Gasteiger partial charge in [-0.1, -0.05) is 202 Å². The van der Waals surface area contributed by atoms with E-state index in [0.717, 1.165) is 5.69 Å². The van der Waals surface area contributed by atoms with Crippen LogP contribution in [0, 0.1) is 0 Å². The maximum Gasteiger partial charge on any atom is 0.0714 e. The Hall–Kier alpha value is -7.22. The van der Waals surface area contributed by atoms with Crippen LogP contribution < -0.4 is 4.90 Å². The summed E-state index contributed by atoms with van der Waals surface area (Å²) < 4.78 is 0. The highest BCUT2D eigenvalue weighted by atomic mass is 15.1. The molecule has 2 aliphatic carbocycles. The van der Waals surface area contributed by atoms with Crippen LogP contribution in [-0.2, 0) is 10.8 Å². The van der Waals surface area contributed by atoms with Crippen LogP contribution in [0.5, 0.6) is 0 Å². The Morgan fingerprint density at radius 2 is 0.864 bits per heavy atom. The van der Waals surface area contributed by atoms with Gasteiger partial charge in [0.1, 0.15) is 0 Å². The standard InChI is InChI=1S/C58H41N/c1-57(2)50-31-17-16-30-49(50)55-54(36-39-20-10-12-26-44(39)56(55)57)59(53-35-38-19-9-11-25-43(38)45-27-13-14-29-48(45)53)42-33-34-47-46-28-15-18-32-51(46)58(52(47)37-42,40-21-5-3-6-22-40)41-23-7-4-8-24-41/h3-37H,1-2H3. The molecule has 0 N–H and O–H groups in total. The molecule has 0 saturated heterocycles. The third-order valence-corrected chi connectivity index (χ3v) is 13.5. The molecule has 59 heavy (non-hydrogen) atoms. The minimum absolute atomic E-state index is 0.200. The second-order valence-electron chi connectivity index (χ2n) is 16.8. The number of anilines is 3. The van der Waals surface area contributed by atoms with Crippen molar-refractivity contribution in [2.45, 2.75) is 24.7 Å². The van der Waals surface area contributed by atoms with Crippen LogP contribution in [0.4, 0.5) is 17.1 Å². The normalized spacial score (nSPS) is 14.2. The van der Waals surface area contributed by atoms with Crippen molar-refractivity contribution in [2.24, 2.45) is 0 Å². The lowest BCUT2D eigenvalue weighted by molar-refractivity contribution is 0.666. The van der Waals surface area contributed by atoms with E-state index in [1.165, 1.54) is 99.3 Å². The Labute approximate surface area is 345 Å². The molecular weight excluding hydrogens is 711 g/mol. The first kappa shape index (κ1) is 33.9. The molecule has 0 bridgehead atoms. The van der Waals surface area contributed by atoms with Gasteiger partial charge in [0.25, 0.3) is 0 Å². The zero-order valence-corrected chi connectivity index (χ0v) is 33.2. The van der Waals surface area contributed by atoms with Crippen molar-refractivity contribution in [3.8, 4) is 22.3 Å². The summed E-state index contributed by atoms with van der Waals surface area (Å²) in [5.41, 5.74) is 15.8. The molecule has 1 heteroatoms. The average Bonchev–Trinajstić information content (AvgIpc) is 3.73. The van der Waals surface area contributed by atoms with Crippen molar-refractivity contribution >= 4 is 49.4 Å². The molecular formula is C58H41N. The van der Waals surface area contributed by atoms with Crippen LogP contribution in [0.2, 0.25) is 0 Å². The zero-order chi connectivity index (χ0) is 39.3. The van der Waals surface area contributed by atoms with E-state index < -0.39 is 5.41 Å². The molecule has 2 aliphatic rings. The number of hydrogen-bond acceptors (Lipinski definition) is 1. The second kappa shape index (κ2) is 12.6. The van der Waals surface area contributed by atoms with Gasteiger partial charge in [0.2, 0.25) is 0 Å². The van der Waals surface area contributed by atoms with Crippen LogP contribution in [0.25, 0.3) is 54.6 Å². The number of rotatable bonds is 5. The highest BCUT2D eigenvalue weighted by Crippen LogP contribution is 2.60. The third-order valence-electron chi connectivity index (χ3n) is 13.5. The summed E-state index contributed by atoms with van der Waals surface area (Å²) in [4.78, 5) is 2.60. The summed E-state index contributed by atoms with van der Waals surface area (Å²) in [6.45, 7) is 4.81. The van der Waals surface area contributed by atoms with Gasteiger partial charge in [-0.3, -0.25) is 0 Å². The first-order chi connectivity index (χ1) is 29.0. The lowest BCUT2D eigenvalue weighted by Gasteiger charge is -2.35. The third kappa shape index (κ3) is 4.67. The van der Waals surface area contributed by atoms with Crippen molar-refractivity contribution in [3.63, 3.8) is 0 Å². The fourth-order valence-electron chi connectivity index (χ4n) is 11.0. The predicted octanol–water partition coefficient (Wildman–Crippen LogP) is 15.3. The molecule has 0 spiro atoms. The summed E-state index contributed by atoms with van der Waals surface area (Å²) in [5, 5.41) is 7.51. The van der Waals surface area contributed by atoms with Crippen molar-refractivity contribution in [1.82, 2.24) is 0 Å². The Morgan fingerprint density at radius 3 is 1.58 bits per heavy atom. The van der Waals surface area contributed by atoms with Gasteiger partial charge in [-0.15, -0.1) is 0 Å². The molecule has 0 saturated carbocycles.